The smallest absolute Gasteiger partial charge is 0.242 e. The number of hydrogen-bond donors (Lipinski definition) is 0. The van der Waals surface area contributed by atoms with Gasteiger partial charge in [-0.3, -0.25) is 4.79 Å². The van der Waals surface area contributed by atoms with E-state index in [9.17, 15) is 4.79 Å². The van der Waals surface area contributed by atoms with E-state index < -0.39 is 0 Å². The molecule has 1 aromatic carbocycles. The SMILES string of the molecule is O=C1CN(c2ncc(Br)cn2)CCN1Cc1ccc(Cl)cc1. The van der Waals surface area contributed by atoms with Crippen molar-refractivity contribution < 1.29 is 4.79 Å². The molecule has 2 heterocycles. The van der Waals surface area contributed by atoms with E-state index >= 15 is 0 Å². The van der Waals surface area contributed by atoms with Gasteiger partial charge < -0.3 is 9.80 Å². The van der Waals surface area contributed by atoms with Crippen molar-refractivity contribution in [1.29, 1.82) is 0 Å². The van der Waals surface area contributed by atoms with Crippen molar-refractivity contribution in [2.75, 3.05) is 24.5 Å². The Morgan fingerprint density at radius 2 is 1.82 bits per heavy atom. The second kappa shape index (κ2) is 6.62. The zero-order valence-electron chi connectivity index (χ0n) is 11.7. The van der Waals surface area contributed by atoms with Crippen molar-refractivity contribution in [3.63, 3.8) is 0 Å². The minimum Gasteiger partial charge on any atom is -0.335 e. The van der Waals surface area contributed by atoms with Gasteiger partial charge in [-0.15, -0.1) is 0 Å². The molecule has 0 saturated carbocycles. The van der Waals surface area contributed by atoms with E-state index in [4.69, 9.17) is 11.6 Å². The van der Waals surface area contributed by atoms with Crippen molar-refractivity contribution in [3.8, 4) is 0 Å². The lowest BCUT2D eigenvalue weighted by Crippen LogP contribution is -2.50. The van der Waals surface area contributed by atoms with Crippen LogP contribution in [0.5, 0.6) is 0 Å². The average Bonchev–Trinajstić information content (AvgIpc) is 2.52. The van der Waals surface area contributed by atoms with Gasteiger partial charge in [0.15, 0.2) is 0 Å². The number of halogens is 2. The maximum absolute atomic E-state index is 12.3. The van der Waals surface area contributed by atoms with Crippen LogP contribution in [0.1, 0.15) is 5.56 Å². The van der Waals surface area contributed by atoms with Gasteiger partial charge in [0.25, 0.3) is 0 Å². The molecule has 3 rings (SSSR count). The summed E-state index contributed by atoms with van der Waals surface area (Å²) < 4.78 is 0.823. The van der Waals surface area contributed by atoms with E-state index in [2.05, 4.69) is 25.9 Å². The van der Waals surface area contributed by atoms with Crippen molar-refractivity contribution in [2.24, 2.45) is 0 Å². The van der Waals surface area contributed by atoms with Gasteiger partial charge in [-0.25, -0.2) is 9.97 Å². The zero-order valence-corrected chi connectivity index (χ0v) is 14.1. The summed E-state index contributed by atoms with van der Waals surface area (Å²) in [6.45, 7) is 2.28. The number of rotatable bonds is 3. The average molecular weight is 382 g/mol. The first-order valence-electron chi connectivity index (χ1n) is 6.86. The van der Waals surface area contributed by atoms with Crippen LogP contribution in [0.25, 0.3) is 0 Å². The molecule has 1 aliphatic heterocycles. The first kappa shape index (κ1) is 15.2. The van der Waals surface area contributed by atoms with Crippen LogP contribution in [-0.4, -0.2) is 40.4 Å². The van der Waals surface area contributed by atoms with Gasteiger partial charge >= 0.3 is 0 Å². The topological polar surface area (TPSA) is 49.3 Å². The van der Waals surface area contributed by atoms with E-state index in [0.29, 0.717) is 30.6 Å². The van der Waals surface area contributed by atoms with Crippen LogP contribution < -0.4 is 4.90 Å². The van der Waals surface area contributed by atoms with Gasteiger partial charge in [0.05, 0.1) is 4.47 Å². The standard InChI is InChI=1S/C15H14BrClN4O/c16-12-7-18-15(19-8-12)21-6-5-20(14(22)10-21)9-11-1-3-13(17)4-2-11/h1-4,7-8H,5-6,9-10H2. The third-order valence-corrected chi connectivity index (χ3v) is 4.16. The number of anilines is 1. The molecule has 0 atom stereocenters. The van der Waals surface area contributed by atoms with Gasteiger partial charge in [-0.2, -0.15) is 0 Å². The van der Waals surface area contributed by atoms with E-state index in [1.54, 1.807) is 12.4 Å². The third-order valence-electron chi connectivity index (χ3n) is 3.49. The van der Waals surface area contributed by atoms with Crippen LogP contribution in [0, 0.1) is 0 Å². The van der Waals surface area contributed by atoms with Crippen molar-refractivity contribution >= 4 is 39.4 Å². The molecule has 7 heteroatoms. The first-order valence-corrected chi connectivity index (χ1v) is 8.03. The van der Waals surface area contributed by atoms with E-state index in [1.807, 2.05) is 34.1 Å². The lowest BCUT2D eigenvalue weighted by atomic mass is 10.2. The van der Waals surface area contributed by atoms with Crippen LogP contribution >= 0.6 is 27.5 Å². The van der Waals surface area contributed by atoms with Gasteiger partial charge in [-0.1, -0.05) is 23.7 Å². The Hall–Kier alpha value is -1.66. The predicted molar refractivity (Wildman–Crippen MR) is 88.8 cm³/mol. The van der Waals surface area contributed by atoms with E-state index in [0.717, 1.165) is 16.6 Å². The first-order chi connectivity index (χ1) is 10.6. The Balaban J connectivity index is 1.63. The second-order valence-electron chi connectivity index (χ2n) is 5.06. The molecule has 0 radical (unpaired) electrons. The van der Waals surface area contributed by atoms with E-state index in [-0.39, 0.29) is 5.91 Å². The number of nitrogens with zero attached hydrogens (tertiary/aromatic N) is 4. The molecule has 0 aliphatic carbocycles. The van der Waals surface area contributed by atoms with Gasteiger partial charge in [0, 0.05) is 37.1 Å². The molecule has 22 heavy (non-hydrogen) atoms. The summed E-state index contributed by atoms with van der Waals surface area (Å²) in [5, 5.41) is 0.701. The normalized spacial score (nSPS) is 15.3. The molecule has 1 amide bonds. The van der Waals surface area contributed by atoms with Crippen molar-refractivity contribution in [3.05, 3.63) is 51.7 Å². The maximum Gasteiger partial charge on any atom is 0.242 e. The molecule has 0 bridgehead atoms. The highest BCUT2D eigenvalue weighted by molar-refractivity contribution is 9.10. The Labute approximate surface area is 142 Å². The van der Waals surface area contributed by atoms with E-state index in [1.165, 1.54) is 0 Å². The molecular weight excluding hydrogens is 368 g/mol. The molecule has 0 N–H and O–H groups in total. The second-order valence-corrected chi connectivity index (χ2v) is 6.42. The minimum atomic E-state index is 0.0766. The van der Waals surface area contributed by atoms with Gasteiger partial charge in [-0.05, 0) is 33.6 Å². The Kier molecular flexibility index (Phi) is 4.59. The molecule has 2 aromatic rings. The highest BCUT2D eigenvalue weighted by Gasteiger charge is 2.25. The Bertz CT molecular complexity index is 662. The number of benzene rings is 1. The lowest BCUT2D eigenvalue weighted by Gasteiger charge is -2.34. The fourth-order valence-corrected chi connectivity index (χ4v) is 2.66. The molecule has 1 aromatic heterocycles. The number of carbonyl (C=O) groups is 1. The molecule has 1 aliphatic rings. The van der Waals surface area contributed by atoms with Crippen molar-refractivity contribution in [2.45, 2.75) is 6.54 Å². The zero-order chi connectivity index (χ0) is 15.5. The predicted octanol–water partition coefficient (Wildman–Crippen LogP) is 2.74. The highest BCUT2D eigenvalue weighted by atomic mass is 79.9. The van der Waals surface area contributed by atoms with Crippen LogP contribution in [0.2, 0.25) is 5.02 Å². The van der Waals surface area contributed by atoms with Crippen LogP contribution in [-0.2, 0) is 11.3 Å². The molecule has 114 valence electrons. The molecule has 1 saturated heterocycles. The monoisotopic (exact) mass is 380 g/mol. The molecule has 1 fully saturated rings. The van der Waals surface area contributed by atoms with Crippen LogP contribution in [0.15, 0.2) is 41.1 Å². The summed E-state index contributed by atoms with van der Waals surface area (Å²) in [5.41, 5.74) is 1.08. The fraction of sp³-hybridized carbons (Fsp3) is 0.267. The fourth-order valence-electron chi connectivity index (χ4n) is 2.33. The quantitative estimate of drug-likeness (QED) is 0.820. The number of hydrogen-bond acceptors (Lipinski definition) is 4. The largest absolute Gasteiger partial charge is 0.335 e. The van der Waals surface area contributed by atoms with Crippen LogP contribution in [0.4, 0.5) is 5.95 Å². The minimum absolute atomic E-state index is 0.0766. The number of amides is 1. The molecule has 0 spiro atoms. The summed E-state index contributed by atoms with van der Waals surface area (Å²) in [4.78, 5) is 24.5. The summed E-state index contributed by atoms with van der Waals surface area (Å²) >= 11 is 9.18. The van der Waals surface area contributed by atoms with Gasteiger partial charge in [0.2, 0.25) is 11.9 Å². The van der Waals surface area contributed by atoms with Crippen LogP contribution in [0.3, 0.4) is 0 Å². The molecular formula is C15H14BrClN4O. The summed E-state index contributed by atoms with van der Waals surface area (Å²) in [5.74, 6) is 0.662. The highest BCUT2D eigenvalue weighted by Crippen LogP contribution is 2.16. The summed E-state index contributed by atoms with van der Waals surface area (Å²) in [7, 11) is 0. The third kappa shape index (κ3) is 3.56. The summed E-state index contributed by atoms with van der Waals surface area (Å²) in [6.07, 6.45) is 3.37. The Morgan fingerprint density at radius 3 is 2.45 bits per heavy atom. The lowest BCUT2D eigenvalue weighted by molar-refractivity contribution is -0.131. The number of carbonyl (C=O) groups excluding carboxylic acids is 1. The number of piperazine rings is 1. The number of aromatic nitrogens is 2. The van der Waals surface area contributed by atoms with Gasteiger partial charge in [0.1, 0.15) is 6.54 Å². The molecule has 0 unspecified atom stereocenters. The summed E-state index contributed by atoms with van der Waals surface area (Å²) in [6, 6.07) is 7.57. The maximum atomic E-state index is 12.3. The molecule has 5 nitrogen and oxygen atoms in total. The Morgan fingerprint density at radius 1 is 1.14 bits per heavy atom. The van der Waals surface area contributed by atoms with Crippen molar-refractivity contribution in [1.82, 2.24) is 14.9 Å².